The number of hydrogen-bond donors (Lipinski definition) is 1. The Morgan fingerprint density at radius 1 is 0.939 bits per heavy atom. The van der Waals surface area contributed by atoms with Crippen molar-refractivity contribution in [1.29, 1.82) is 0 Å². The maximum Gasteiger partial charge on any atom is 0.270 e. The second-order valence-corrected chi connectivity index (χ2v) is 7.80. The molecule has 0 unspecified atom stereocenters. The molecule has 0 aliphatic heterocycles. The molecule has 0 radical (unpaired) electrons. The number of aromatic nitrogens is 2. The van der Waals surface area contributed by atoms with E-state index in [9.17, 15) is 10.1 Å². The van der Waals surface area contributed by atoms with Gasteiger partial charge in [-0.05, 0) is 61.9 Å². The molecule has 2 aromatic heterocycles. The SMILES string of the molecule is Cc1ccc2cccc(Oc3ccc(Nc4ccnc5ccc([N+](=O)[O-])cc45)cc3C)c2n1. The van der Waals surface area contributed by atoms with Crippen LogP contribution < -0.4 is 10.1 Å². The van der Waals surface area contributed by atoms with Crippen molar-refractivity contribution in [3.63, 3.8) is 0 Å². The van der Waals surface area contributed by atoms with Gasteiger partial charge in [-0.2, -0.15) is 0 Å². The molecule has 0 saturated carbocycles. The van der Waals surface area contributed by atoms with Crippen LogP contribution in [0.2, 0.25) is 0 Å². The van der Waals surface area contributed by atoms with Crippen LogP contribution in [0.25, 0.3) is 21.8 Å². The minimum atomic E-state index is -0.407. The molecule has 1 N–H and O–H groups in total. The molecule has 0 bridgehead atoms. The summed E-state index contributed by atoms with van der Waals surface area (Å²) in [6.45, 7) is 3.93. The summed E-state index contributed by atoms with van der Waals surface area (Å²) < 4.78 is 6.22. The number of ether oxygens (including phenoxy) is 1. The minimum Gasteiger partial charge on any atom is -0.455 e. The van der Waals surface area contributed by atoms with Gasteiger partial charge in [0.2, 0.25) is 0 Å². The molecule has 0 amide bonds. The number of pyridine rings is 2. The third kappa shape index (κ3) is 4.04. The van der Waals surface area contributed by atoms with Crippen molar-refractivity contribution < 1.29 is 9.66 Å². The molecule has 162 valence electrons. The fourth-order valence-electron chi connectivity index (χ4n) is 3.77. The minimum absolute atomic E-state index is 0.0254. The fourth-order valence-corrected chi connectivity index (χ4v) is 3.77. The predicted molar refractivity (Wildman–Crippen MR) is 129 cm³/mol. The molecular formula is C26H20N4O3. The maximum absolute atomic E-state index is 11.2. The number of nitro benzene ring substituents is 1. The number of aryl methyl sites for hydroxylation is 2. The molecular weight excluding hydrogens is 416 g/mol. The van der Waals surface area contributed by atoms with Crippen molar-refractivity contribution in [3.05, 3.63) is 100 Å². The quantitative estimate of drug-likeness (QED) is 0.239. The van der Waals surface area contributed by atoms with Gasteiger partial charge in [0.05, 0.1) is 10.4 Å². The molecule has 5 aromatic rings. The molecule has 7 nitrogen and oxygen atoms in total. The lowest BCUT2D eigenvalue weighted by Gasteiger charge is -2.14. The number of hydrogen-bond acceptors (Lipinski definition) is 6. The zero-order valence-corrected chi connectivity index (χ0v) is 18.1. The number of anilines is 2. The number of rotatable bonds is 5. The number of benzene rings is 3. The van der Waals surface area contributed by atoms with E-state index >= 15 is 0 Å². The molecule has 0 saturated heterocycles. The smallest absolute Gasteiger partial charge is 0.270 e. The molecule has 7 heteroatoms. The van der Waals surface area contributed by atoms with Crippen molar-refractivity contribution in [2.24, 2.45) is 0 Å². The van der Waals surface area contributed by atoms with E-state index < -0.39 is 4.92 Å². The van der Waals surface area contributed by atoms with Gasteiger partial charge >= 0.3 is 0 Å². The zero-order chi connectivity index (χ0) is 22.9. The molecule has 0 aliphatic carbocycles. The van der Waals surface area contributed by atoms with Crippen molar-refractivity contribution in [1.82, 2.24) is 9.97 Å². The summed E-state index contributed by atoms with van der Waals surface area (Å²) in [7, 11) is 0. The van der Waals surface area contributed by atoms with Gasteiger partial charge < -0.3 is 10.1 Å². The topological polar surface area (TPSA) is 90.2 Å². The Morgan fingerprint density at radius 3 is 2.64 bits per heavy atom. The van der Waals surface area contributed by atoms with Crippen LogP contribution in [0, 0.1) is 24.0 Å². The van der Waals surface area contributed by atoms with Gasteiger partial charge in [0.1, 0.15) is 11.3 Å². The van der Waals surface area contributed by atoms with Crippen LogP contribution >= 0.6 is 0 Å². The molecule has 0 fully saturated rings. The summed E-state index contributed by atoms with van der Waals surface area (Å²) >= 11 is 0. The fraction of sp³-hybridized carbons (Fsp3) is 0.0769. The highest BCUT2D eigenvalue weighted by molar-refractivity contribution is 5.94. The van der Waals surface area contributed by atoms with Gasteiger partial charge in [0.25, 0.3) is 5.69 Å². The van der Waals surface area contributed by atoms with Crippen LogP contribution in [0.3, 0.4) is 0 Å². The molecule has 0 aliphatic rings. The van der Waals surface area contributed by atoms with E-state index in [4.69, 9.17) is 4.74 Å². The highest BCUT2D eigenvalue weighted by Gasteiger charge is 2.11. The van der Waals surface area contributed by atoms with Crippen LogP contribution in [0.4, 0.5) is 17.1 Å². The van der Waals surface area contributed by atoms with E-state index in [0.29, 0.717) is 16.7 Å². The summed E-state index contributed by atoms with van der Waals surface area (Å²) in [6.07, 6.45) is 1.68. The lowest BCUT2D eigenvalue weighted by Crippen LogP contribution is -1.96. The standard InChI is InChI=1S/C26H20N4O3/c1-16-14-19(29-23-12-13-27-22-10-9-20(30(31)32)15-21(22)23)8-11-24(16)33-25-5-3-4-18-7-6-17(2)28-26(18)25/h3-15H,1-2H3,(H,27,29). The van der Waals surface area contributed by atoms with Crippen LogP contribution in [-0.2, 0) is 0 Å². The third-order valence-electron chi connectivity index (χ3n) is 5.43. The lowest BCUT2D eigenvalue weighted by molar-refractivity contribution is -0.384. The second-order valence-electron chi connectivity index (χ2n) is 7.80. The van der Waals surface area contributed by atoms with E-state index in [-0.39, 0.29) is 5.69 Å². The summed E-state index contributed by atoms with van der Waals surface area (Å²) in [6, 6.07) is 22.1. The first-order chi connectivity index (χ1) is 16.0. The number of nitrogens with one attached hydrogen (secondary N) is 1. The Labute approximate surface area is 189 Å². The van der Waals surface area contributed by atoms with Crippen molar-refractivity contribution in [3.8, 4) is 11.5 Å². The van der Waals surface area contributed by atoms with Crippen LogP contribution in [0.1, 0.15) is 11.3 Å². The van der Waals surface area contributed by atoms with E-state index in [1.54, 1.807) is 18.3 Å². The highest BCUT2D eigenvalue weighted by atomic mass is 16.6. The molecule has 5 rings (SSSR count). The largest absolute Gasteiger partial charge is 0.455 e. The summed E-state index contributed by atoms with van der Waals surface area (Å²) in [5.41, 5.74) is 4.98. The number of fused-ring (bicyclic) bond motifs is 2. The number of nitrogens with zero attached hydrogens (tertiary/aromatic N) is 3. The van der Waals surface area contributed by atoms with Crippen LogP contribution in [0.5, 0.6) is 11.5 Å². The summed E-state index contributed by atoms with van der Waals surface area (Å²) in [5, 5.41) is 16.2. The average molecular weight is 436 g/mol. The Hall–Kier alpha value is -4.52. The first-order valence-corrected chi connectivity index (χ1v) is 10.4. The summed E-state index contributed by atoms with van der Waals surface area (Å²) in [4.78, 5) is 19.7. The van der Waals surface area contributed by atoms with Gasteiger partial charge in [0.15, 0.2) is 5.75 Å². The molecule has 0 spiro atoms. The molecule has 33 heavy (non-hydrogen) atoms. The first-order valence-electron chi connectivity index (χ1n) is 10.4. The number of non-ortho nitro benzene ring substituents is 1. The Kier molecular flexibility index (Phi) is 5.06. The van der Waals surface area contributed by atoms with Crippen LogP contribution in [0.15, 0.2) is 79.0 Å². The predicted octanol–water partition coefficient (Wildman–Crippen LogP) is 6.84. The van der Waals surface area contributed by atoms with Crippen molar-refractivity contribution >= 4 is 38.9 Å². The second kappa shape index (κ2) is 8.20. The van der Waals surface area contributed by atoms with Gasteiger partial charge in [-0.1, -0.05) is 18.2 Å². The lowest BCUT2D eigenvalue weighted by atomic mass is 10.1. The molecule has 2 heterocycles. The van der Waals surface area contributed by atoms with E-state index in [1.807, 2.05) is 62.4 Å². The average Bonchev–Trinajstić information content (AvgIpc) is 2.81. The molecule has 3 aromatic carbocycles. The van der Waals surface area contributed by atoms with E-state index in [0.717, 1.165) is 39.3 Å². The van der Waals surface area contributed by atoms with E-state index in [1.165, 1.54) is 12.1 Å². The Morgan fingerprint density at radius 2 is 1.82 bits per heavy atom. The number of nitro groups is 1. The van der Waals surface area contributed by atoms with E-state index in [2.05, 4.69) is 15.3 Å². The monoisotopic (exact) mass is 436 g/mol. The third-order valence-corrected chi connectivity index (χ3v) is 5.43. The highest BCUT2D eigenvalue weighted by Crippen LogP contribution is 2.33. The zero-order valence-electron chi connectivity index (χ0n) is 18.1. The van der Waals surface area contributed by atoms with Gasteiger partial charge in [0, 0.05) is 46.2 Å². The van der Waals surface area contributed by atoms with Gasteiger partial charge in [-0.3, -0.25) is 15.1 Å². The van der Waals surface area contributed by atoms with Crippen molar-refractivity contribution in [2.45, 2.75) is 13.8 Å². The number of para-hydroxylation sites is 1. The van der Waals surface area contributed by atoms with Crippen LogP contribution in [-0.4, -0.2) is 14.9 Å². The maximum atomic E-state index is 11.2. The van der Waals surface area contributed by atoms with Gasteiger partial charge in [-0.25, -0.2) is 4.98 Å². The van der Waals surface area contributed by atoms with Gasteiger partial charge in [-0.15, -0.1) is 0 Å². The Balaban J connectivity index is 1.45. The molecule has 0 atom stereocenters. The first kappa shape index (κ1) is 20.4. The normalized spacial score (nSPS) is 11.0. The van der Waals surface area contributed by atoms with Crippen molar-refractivity contribution in [2.75, 3.05) is 5.32 Å². The summed E-state index contributed by atoms with van der Waals surface area (Å²) in [5.74, 6) is 1.43. The Bertz CT molecular complexity index is 1530.